The van der Waals surface area contributed by atoms with Crippen molar-refractivity contribution in [1.82, 2.24) is 9.97 Å². The molecule has 0 aromatic carbocycles. The van der Waals surface area contributed by atoms with Crippen LogP contribution in [-0.2, 0) is 20.8 Å². The smallest absolute Gasteiger partial charge is 0.320 e. The third kappa shape index (κ3) is 13.9. The first-order chi connectivity index (χ1) is 16.3. The lowest BCUT2D eigenvalue weighted by Crippen LogP contribution is -2.46. The molecule has 17 nitrogen and oxygen atoms in total. The van der Waals surface area contributed by atoms with Gasteiger partial charge >= 0.3 is 5.97 Å². The number of aliphatic hydroxyl groups excluding tert-OH is 10. The van der Waals surface area contributed by atoms with Crippen molar-refractivity contribution >= 4 is 18.0 Å². The number of aromatic nitrogens is 2. The van der Waals surface area contributed by atoms with Crippen molar-refractivity contribution in [2.24, 2.45) is 5.73 Å². The highest BCUT2D eigenvalue weighted by Gasteiger charge is 2.30. The predicted octanol–water partition coefficient (Wildman–Crippen LogP) is -7.39. The molecule has 17 heteroatoms. The molecule has 1 aromatic heterocycles. The molecular weight excluding hydrogens is 482 g/mol. The number of rotatable bonds is 13. The first-order valence-electron chi connectivity index (χ1n) is 9.81. The fraction of sp³-hybridized carbons (Fsp3) is 0.667. The van der Waals surface area contributed by atoms with Crippen LogP contribution in [0.3, 0.4) is 0 Å². The van der Waals surface area contributed by atoms with Crippen molar-refractivity contribution in [1.29, 1.82) is 0 Å². The summed E-state index contributed by atoms with van der Waals surface area (Å²) in [5, 5.41) is 95.0. The van der Waals surface area contributed by atoms with Crippen LogP contribution in [0.1, 0.15) is 5.69 Å². The molecule has 0 bridgehead atoms. The van der Waals surface area contributed by atoms with Crippen LogP contribution in [0, 0.1) is 0 Å². The summed E-state index contributed by atoms with van der Waals surface area (Å²) in [6.45, 7) is -2.45. The summed E-state index contributed by atoms with van der Waals surface area (Å²) in [4.78, 5) is 37.2. The quantitative estimate of drug-likeness (QED) is 0.108. The van der Waals surface area contributed by atoms with Crippen LogP contribution in [0.5, 0.6) is 0 Å². The van der Waals surface area contributed by atoms with Gasteiger partial charge < -0.3 is 71.7 Å². The average Bonchev–Trinajstić information content (AvgIpc) is 3.38. The molecule has 1 rings (SSSR count). The fourth-order valence-electron chi connectivity index (χ4n) is 1.94. The normalized spacial score (nSPS) is 17.6. The van der Waals surface area contributed by atoms with Crippen molar-refractivity contribution in [3.05, 3.63) is 18.2 Å². The number of nitrogens with one attached hydrogen (secondary N) is 1. The number of H-pyrrole nitrogens is 1. The number of aldehydes is 1. The van der Waals surface area contributed by atoms with E-state index in [2.05, 4.69) is 9.97 Å². The monoisotopic (exact) mass is 515 g/mol. The number of hydrogen-bond donors (Lipinski definition) is 13. The number of aliphatic carboxylic acids is 1. The zero-order chi connectivity index (χ0) is 27.7. The van der Waals surface area contributed by atoms with Gasteiger partial charge in [-0.1, -0.05) is 0 Å². The van der Waals surface area contributed by atoms with Crippen molar-refractivity contribution < 1.29 is 70.6 Å². The minimum absolute atomic E-state index is 0.0258. The zero-order valence-electron chi connectivity index (χ0n) is 18.3. The highest BCUT2D eigenvalue weighted by Crippen LogP contribution is 2.03. The molecule has 0 aliphatic heterocycles. The van der Waals surface area contributed by atoms with Gasteiger partial charge in [0.25, 0.3) is 0 Å². The minimum atomic E-state index is -1.86. The lowest BCUT2D eigenvalue weighted by Gasteiger charge is -2.22. The number of carbonyl (C=O) groups excluding carboxylic acids is 2. The molecule has 35 heavy (non-hydrogen) atoms. The second-order valence-electron chi connectivity index (χ2n) is 6.88. The highest BCUT2D eigenvalue weighted by molar-refractivity contribution is 5.84. The van der Waals surface area contributed by atoms with E-state index in [1.54, 1.807) is 6.20 Å². The number of imidazole rings is 1. The van der Waals surface area contributed by atoms with Crippen LogP contribution >= 0.6 is 0 Å². The molecule has 204 valence electrons. The van der Waals surface area contributed by atoms with Crippen LogP contribution < -0.4 is 5.73 Å². The van der Waals surface area contributed by atoms with Crippen LogP contribution in [0.4, 0.5) is 0 Å². The number of aliphatic hydroxyl groups is 10. The van der Waals surface area contributed by atoms with Gasteiger partial charge in [0.2, 0.25) is 0 Å². The first kappa shape index (κ1) is 34.7. The van der Waals surface area contributed by atoms with Gasteiger partial charge in [-0.05, 0) is 0 Å². The number of ketones is 1. The van der Waals surface area contributed by atoms with Crippen LogP contribution in [0.25, 0.3) is 0 Å². The van der Waals surface area contributed by atoms with Crippen molar-refractivity contribution in [3.63, 3.8) is 0 Å². The maximum atomic E-state index is 10.5. The largest absolute Gasteiger partial charge is 0.480 e. The summed E-state index contributed by atoms with van der Waals surface area (Å²) < 4.78 is 0. The summed E-state index contributed by atoms with van der Waals surface area (Å²) in [6.07, 6.45) is -8.68. The number of carboxylic acids is 1. The van der Waals surface area contributed by atoms with E-state index < -0.39 is 80.3 Å². The summed E-state index contributed by atoms with van der Waals surface area (Å²) in [5.41, 5.74) is 5.92. The SMILES string of the molecule is NC(Cc1c[nH]cn1)C(=O)O.O=C(CO)C(O)C(O)C(O)CO.O=CC(O)C(O)C(O)C(O)CO. The van der Waals surface area contributed by atoms with Gasteiger partial charge in [-0.15, -0.1) is 0 Å². The first-order valence-corrected chi connectivity index (χ1v) is 9.81. The number of carbonyl (C=O) groups is 3. The van der Waals surface area contributed by atoms with Gasteiger partial charge in [0, 0.05) is 12.6 Å². The number of hydrogen-bond acceptors (Lipinski definition) is 15. The van der Waals surface area contributed by atoms with Crippen LogP contribution in [0.2, 0.25) is 0 Å². The Morgan fingerprint density at radius 3 is 1.83 bits per heavy atom. The number of nitrogens with zero attached hydrogens (tertiary/aromatic N) is 1. The van der Waals surface area contributed by atoms with E-state index in [0.717, 1.165) is 0 Å². The van der Waals surface area contributed by atoms with Crippen molar-refractivity contribution in [3.8, 4) is 0 Å². The Balaban J connectivity index is 0. The predicted molar refractivity (Wildman–Crippen MR) is 112 cm³/mol. The highest BCUT2D eigenvalue weighted by atomic mass is 16.4. The van der Waals surface area contributed by atoms with Gasteiger partial charge in [0.05, 0.1) is 25.2 Å². The second kappa shape index (κ2) is 18.9. The van der Waals surface area contributed by atoms with Gasteiger partial charge in [0.1, 0.15) is 55.4 Å². The van der Waals surface area contributed by atoms with Gasteiger partial charge in [-0.2, -0.15) is 0 Å². The van der Waals surface area contributed by atoms with E-state index in [-0.39, 0.29) is 12.7 Å². The summed E-state index contributed by atoms with van der Waals surface area (Å²) >= 11 is 0. The molecule has 1 heterocycles. The zero-order valence-corrected chi connectivity index (χ0v) is 18.3. The molecule has 0 amide bonds. The van der Waals surface area contributed by atoms with Crippen LogP contribution in [0.15, 0.2) is 12.5 Å². The summed E-state index contributed by atoms with van der Waals surface area (Å²) in [6, 6.07) is -0.863. The molecule has 8 atom stereocenters. The maximum absolute atomic E-state index is 10.5. The number of aromatic amines is 1. The van der Waals surface area contributed by atoms with Crippen LogP contribution in [-0.4, -0.2) is 153 Å². The van der Waals surface area contributed by atoms with Crippen molar-refractivity contribution in [2.75, 3.05) is 19.8 Å². The lowest BCUT2D eigenvalue weighted by molar-refractivity contribution is -0.142. The summed E-state index contributed by atoms with van der Waals surface area (Å²) in [5.74, 6) is -2.01. The Hall–Kier alpha value is -2.42. The van der Waals surface area contributed by atoms with E-state index in [4.69, 9.17) is 61.9 Å². The van der Waals surface area contributed by atoms with E-state index in [1.165, 1.54) is 6.33 Å². The van der Waals surface area contributed by atoms with Crippen molar-refractivity contribution in [2.45, 2.75) is 55.2 Å². The Labute approximate surface area is 198 Å². The summed E-state index contributed by atoms with van der Waals surface area (Å²) in [7, 11) is 0. The van der Waals surface area contributed by atoms with Gasteiger partial charge in [-0.25, -0.2) is 4.98 Å². The van der Waals surface area contributed by atoms with E-state index in [9.17, 15) is 14.4 Å². The maximum Gasteiger partial charge on any atom is 0.320 e. The Morgan fingerprint density at radius 2 is 1.46 bits per heavy atom. The lowest BCUT2D eigenvalue weighted by atomic mass is 10.0. The third-order valence-corrected chi connectivity index (χ3v) is 4.11. The molecule has 0 fully saturated rings. The molecule has 0 radical (unpaired) electrons. The molecule has 0 spiro atoms. The third-order valence-electron chi connectivity index (χ3n) is 4.11. The van der Waals surface area contributed by atoms with E-state index >= 15 is 0 Å². The molecule has 0 saturated carbocycles. The van der Waals surface area contributed by atoms with E-state index in [1.807, 2.05) is 0 Å². The molecule has 0 saturated heterocycles. The Bertz CT molecular complexity index is 707. The average molecular weight is 515 g/mol. The fourth-order valence-corrected chi connectivity index (χ4v) is 1.94. The number of carboxylic acid groups (broad SMARTS) is 1. The molecular formula is C18H33N3O14. The Kier molecular flexibility index (Phi) is 18.7. The second-order valence-corrected chi connectivity index (χ2v) is 6.88. The topological polar surface area (TPSA) is 328 Å². The number of Topliss-reactive ketones (excluding diaryl/α,β-unsaturated/α-hetero) is 1. The van der Waals surface area contributed by atoms with Gasteiger partial charge in [-0.3, -0.25) is 9.59 Å². The standard InChI is InChI=1S/C6H9N3O2.2C6H12O6/c7-5(6(10)11)1-4-2-8-3-9-4;2*7-1-3(9)5(11)6(12)4(10)2-8/h2-3,5H,1,7H2,(H,8,9)(H,10,11);3,5-9,11-12H,1-2H2;1,3-6,8-12H,2H2. The van der Waals surface area contributed by atoms with E-state index in [0.29, 0.717) is 5.69 Å². The molecule has 0 aliphatic rings. The van der Waals surface area contributed by atoms with Gasteiger partial charge in [0.15, 0.2) is 12.1 Å². The Morgan fingerprint density at radius 1 is 0.943 bits per heavy atom. The molecule has 8 unspecified atom stereocenters. The molecule has 14 N–H and O–H groups in total. The molecule has 1 aromatic rings. The molecule has 0 aliphatic carbocycles. The number of nitrogens with two attached hydrogens (primary N) is 1. The minimum Gasteiger partial charge on any atom is -0.480 e.